The zero-order valence-corrected chi connectivity index (χ0v) is 14.1. The molecule has 2 N–H and O–H groups in total. The summed E-state index contributed by atoms with van der Waals surface area (Å²) in [5.74, 6) is -0.00745. The number of nitrogens with zero attached hydrogens (tertiary/aromatic N) is 1. The van der Waals surface area contributed by atoms with E-state index < -0.39 is 10.0 Å². The van der Waals surface area contributed by atoms with E-state index >= 15 is 0 Å². The third-order valence-electron chi connectivity index (χ3n) is 4.11. The highest BCUT2D eigenvalue weighted by molar-refractivity contribution is 7.89. The number of sulfonamides is 1. The number of nitrogens with one attached hydrogen (secondary N) is 1. The lowest BCUT2D eigenvalue weighted by molar-refractivity contribution is -0.126. The molecule has 0 aromatic heterocycles. The highest BCUT2D eigenvalue weighted by Gasteiger charge is 2.30. The molecular formula is C14H28N2O4S. The molecule has 0 saturated carbocycles. The summed E-state index contributed by atoms with van der Waals surface area (Å²) in [4.78, 5) is 12.1. The van der Waals surface area contributed by atoms with Crippen LogP contribution >= 0.6 is 0 Å². The van der Waals surface area contributed by atoms with E-state index in [-0.39, 0.29) is 29.6 Å². The van der Waals surface area contributed by atoms with Crippen LogP contribution in [0.5, 0.6) is 0 Å². The predicted octanol–water partition coefficient (Wildman–Crippen LogP) is 0.573. The number of hydrogen-bond acceptors (Lipinski definition) is 4. The molecule has 0 aliphatic carbocycles. The van der Waals surface area contributed by atoms with Crippen molar-refractivity contribution < 1.29 is 18.3 Å². The van der Waals surface area contributed by atoms with Gasteiger partial charge in [-0.2, -0.15) is 0 Å². The van der Waals surface area contributed by atoms with Crippen molar-refractivity contribution in [3.05, 3.63) is 0 Å². The summed E-state index contributed by atoms with van der Waals surface area (Å²) >= 11 is 0. The molecule has 124 valence electrons. The average Bonchev–Trinajstić information content (AvgIpc) is 2.45. The van der Waals surface area contributed by atoms with Crippen molar-refractivity contribution in [3.63, 3.8) is 0 Å². The number of carbonyl (C=O) groups is 1. The maximum absolute atomic E-state index is 12.1. The summed E-state index contributed by atoms with van der Waals surface area (Å²) in [6.45, 7) is 7.12. The molecule has 7 heteroatoms. The van der Waals surface area contributed by atoms with Gasteiger partial charge in [0.15, 0.2) is 0 Å². The molecule has 0 aromatic carbocycles. The van der Waals surface area contributed by atoms with E-state index in [1.165, 1.54) is 4.31 Å². The highest BCUT2D eigenvalue weighted by atomic mass is 32.2. The molecule has 1 heterocycles. The molecule has 1 aliphatic heterocycles. The van der Waals surface area contributed by atoms with Crippen LogP contribution in [0, 0.1) is 11.3 Å². The second kappa shape index (κ2) is 7.56. The van der Waals surface area contributed by atoms with Crippen molar-refractivity contribution in [2.45, 2.75) is 40.0 Å². The van der Waals surface area contributed by atoms with Gasteiger partial charge in [0.1, 0.15) is 0 Å². The van der Waals surface area contributed by atoms with Gasteiger partial charge in [-0.3, -0.25) is 4.79 Å². The van der Waals surface area contributed by atoms with Crippen LogP contribution in [0.1, 0.15) is 40.0 Å². The Balaban J connectivity index is 2.42. The third kappa shape index (κ3) is 5.56. The highest BCUT2D eigenvalue weighted by Crippen LogP contribution is 2.22. The molecule has 21 heavy (non-hydrogen) atoms. The van der Waals surface area contributed by atoms with E-state index in [4.69, 9.17) is 5.11 Å². The van der Waals surface area contributed by atoms with Gasteiger partial charge in [-0.25, -0.2) is 12.7 Å². The lowest BCUT2D eigenvalue weighted by Crippen LogP contribution is -2.45. The summed E-state index contributed by atoms with van der Waals surface area (Å²) < 4.78 is 25.0. The van der Waals surface area contributed by atoms with E-state index in [0.717, 1.165) is 0 Å². The zero-order chi connectivity index (χ0) is 16.1. The van der Waals surface area contributed by atoms with Gasteiger partial charge in [-0.1, -0.05) is 13.8 Å². The van der Waals surface area contributed by atoms with E-state index in [2.05, 4.69) is 5.32 Å². The van der Waals surface area contributed by atoms with Crippen molar-refractivity contribution in [3.8, 4) is 0 Å². The van der Waals surface area contributed by atoms with Gasteiger partial charge < -0.3 is 10.4 Å². The average molecular weight is 320 g/mol. The van der Waals surface area contributed by atoms with Crippen LogP contribution in [0.4, 0.5) is 0 Å². The molecule has 6 nitrogen and oxygen atoms in total. The molecule has 0 bridgehead atoms. The third-order valence-corrected chi connectivity index (χ3v) is 5.99. The number of aliphatic hydroxyl groups is 1. The molecular weight excluding hydrogens is 292 g/mol. The Morgan fingerprint density at radius 2 is 1.90 bits per heavy atom. The molecule has 1 aliphatic rings. The normalized spacial score (nSPS) is 18.7. The molecule has 1 amide bonds. The van der Waals surface area contributed by atoms with Gasteiger partial charge in [0.05, 0.1) is 5.75 Å². The van der Waals surface area contributed by atoms with Crippen LogP contribution in [-0.4, -0.2) is 55.7 Å². The lowest BCUT2D eigenvalue weighted by atomic mass is 9.89. The minimum Gasteiger partial charge on any atom is -0.396 e. The van der Waals surface area contributed by atoms with E-state index in [0.29, 0.717) is 38.9 Å². The van der Waals surface area contributed by atoms with Gasteiger partial charge >= 0.3 is 0 Å². The molecule has 1 rings (SSSR count). The molecule has 1 saturated heterocycles. The standard InChI is InChI=1S/C14H28N2O4S/c1-4-21(19,20)16-8-5-12(6-9-16)13(18)15-11-14(2,3)7-10-17/h12,17H,4-11H2,1-3H3,(H,15,18). The van der Waals surface area contributed by atoms with Crippen molar-refractivity contribution in [1.29, 1.82) is 0 Å². The molecule has 0 aromatic rings. The van der Waals surface area contributed by atoms with Crippen LogP contribution in [-0.2, 0) is 14.8 Å². The first kappa shape index (κ1) is 18.4. The van der Waals surface area contributed by atoms with Gasteiger partial charge in [0, 0.05) is 32.2 Å². The number of hydrogen-bond donors (Lipinski definition) is 2. The smallest absolute Gasteiger partial charge is 0.223 e. The molecule has 0 atom stereocenters. The van der Waals surface area contributed by atoms with Crippen molar-refractivity contribution in [2.24, 2.45) is 11.3 Å². The number of carbonyl (C=O) groups excluding carboxylic acids is 1. The van der Waals surface area contributed by atoms with Crippen molar-refractivity contribution in [1.82, 2.24) is 9.62 Å². The van der Waals surface area contributed by atoms with E-state index in [9.17, 15) is 13.2 Å². The summed E-state index contributed by atoms with van der Waals surface area (Å²) in [5, 5.41) is 11.9. The number of amides is 1. The summed E-state index contributed by atoms with van der Waals surface area (Å²) in [6.07, 6.45) is 1.79. The first-order valence-electron chi connectivity index (χ1n) is 7.58. The van der Waals surface area contributed by atoms with Crippen LogP contribution in [0.3, 0.4) is 0 Å². The Bertz CT molecular complexity index is 440. The minimum absolute atomic E-state index is 0.00504. The molecule has 0 radical (unpaired) electrons. The summed E-state index contributed by atoms with van der Waals surface area (Å²) in [7, 11) is -3.14. The van der Waals surface area contributed by atoms with Gasteiger partial charge in [0.25, 0.3) is 0 Å². The number of aliphatic hydroxyl groups excluding tert-OH is 1. The van der Waals surface area contributed by atoms with Crippen molar-refractivity contribution in [2.75, 3.05) is 32.0 Å². The topological polar surface area (TPSA) is 86.7 Å². The zero-order valence-electron chi connectivity index (χ0n) is 13.3. The molecule has 0 unspecified atom stereocenters. The Hall–Kier alpha value is -0.660. The van der Waals surface area contributed by atoms with Crippen LogP contribution in [0.25, 0.3) is 0 Å². The summed E-state index contributed by atoms with van der Waals surface area (Å²) in [5.41, 5.74) is -0.128. The Morgan fingerprint density at radius 1 is 1.33 bits per heavy atom. The molecule has 1 fully saturated rings. The quantitative estimate of drug-likeness (QED) is 0.718. The predicted molar refractivity (Wildman–Crippen MR) is 82.3 cm³/mol. The second-order valence-electron chi connectivity index (χ2n) is 6.43. The Kier molecular flexibility index (Phi) is 6.62. The van der Waals surface area contributed by atoms with Gasteiger partial charge in [0.2, 0.25) is 15.9 Å². The minimum atomic E-state index is -3.14. The van der Waals surface area contributed by atoms with Crippen molar-refractivity contribution >= 4 is 15.9 Å². The fraction of sp³-hybridized carbons (Fsp3) is 0.929. The number of rotatable bonds is 7. The second-order valence-corrected chi connectivity index (χ2v) is 8.69. The van der Waals surface area contributed by atoms with Crippen LogP contribution in [0.2, 0.25) is 0 Å². The Morgan fingerprint density at radius 3 is 2.38 bits per heavy atom. The SMILES string of the molecule is CCS(=O)(=O)N1CCC(C(=O)NCC(C)(C)CCO)CC1. The maximum Gasteiger partial charge on any atom is 0.223 e. The van der Waals surface area contributed by atoms with Gasteiger partial charge in [-0.05, 0) is 31.6 Å². The first-order valence-corrected chi connectivity index (χ1v) is 9.19. The largest absolute Gasteiger partial charge is 0.396 e. The van der Waals surface area contributed by atoms with E-state index in [1.807, 2.05) is 13.8 Å². The molecule has 0 spiro atoms. The fourth-order valence-electron chi connectivity index (χ4n) is 2.44. The fourth-order valence-corrected chi connectivity index (χ4v) is 3.57. The van der Waals surface area contributed by atoms with Crippen LogP contribution < -0.4 is 5.32 Å². The first-order chi connectivity index (χ1) is 9.72. The summed E-state index contributed by atoms with van der Waals surface area (Å²) in [6, 6.07) is 0. The van der Waals surface area contributed by atoms with E-state index in [1.54, 1.807) is 6.92 Å². The Labute approximate surface area is 128 Å². The van der Waals surface area contributed by atoms with Gasteiger partial charge in [-0.15, -0.1) is 0 Å². The maximum atomic E-state index is 12.1. The monoisotopic (exact) mass is 320 g/mol. The number of piperidine rings is 1. The lowest BCUT2D eigenvalue weighted by Gasteiger charge is -2.31. The van der Waals surface area contributed by atoms with Crippen LogP contribution in [0.15, 0.2) is 0 Å².